The Labute approximate surface area is 211 Å². The number of carbonyl (C=O) groups excluding carboxylic acids is 2. The molecule has 0 aliphatic rings. The summed E-state index contributed by atoms with van der Waals surface area (Å²) in [7, 11) is -1.09. The lowest BCUT2D eigenvalue weighted by Gasteiger charge is -2.05. The van der Waals surface area contributed by atoms with Gasteiger partial charge >= 0.3 is 0 Å². The Morgan fingerprint density at radius 1 is 0.800 bits per heavy atom. The number of hydrogen-bond acceptors (Lipinski definition) is 3. The largest absolute Gasteiger partial charge is 0.303 e. The van der Waals surface area contributed by atoms with Gasteiger partial charge in [0.2, 0.25) is 0 Å². The van der Waals surface area contributed by atoms with E-state index in [1.807, 2.05) is 106 Å². The minimum atomic E-state index is -1.09. The third-order valence-corrected chi connectivity index (χ3v) is 6.65. The van der Waals surface area contributed by atoms with E-state index in [9.17, 15) is 13.8 Å². The number of carbonyl (C=O) groups is 2. The van der Waals surface area contributed by atoms with Crippen molar-refractivity contribution in [1.29, 1.82) is 0 Å². The topological polar surface area (TPSA) is 51.2 Å². The molecule has 0 aliphatic heterocycles. The van der Waals surface area contributed by atoms with Crippen molar-refractivity contribution in [3.05, 3.63) is 114 Å². The van der Waals surface area contributed by atoms with Crippen molar-refractivity contribution in [3.63, 3.8) is 0 Å². The van der Waals surface area contributed by atoms with Gasteiger partial charge in [0, 0.05) is 16.4 Å². The summed E-state index contributed by atoms with van der Waals surface area (Å²) in [5, 5.41) is 2.24. The van der Waals surface area contributed by atoms with Crippen molar-refractivity contribution in [1.82, 2.24) is 0 Å². The Kier molecular flexibility index (Phi) is 11.8. The summed E-state index contributed by atoms with van der Waals surface area (Å²) in [5.41, 5.74) is 2.88. The Morgan fingerprint density at radius 2 is 1.40 bits per heavy atom. The molecule has 0 fully saturated rings. The molecule has 0 bridgehead atoms. The monoisotopic (exact) mass is 486 g/mol. The quantitative estimate of drug-likeness (QED) is 0.201. The highest BCUT2D eigenvalue weighted by Crippen LogP contribution is 2.20. The van der Waals surface area contributed by atoms with Gasteiger partial charge in [0.1, 0.15) is 6.29 Å². The third kappa shape index (κ3) is 9.06. The number of Topliss-reactive ketones (excluding diaryl/α,β-unsaturated/α-hetero) is 1. The van der Waals surface area contributed by atoms with Crippen molar-refractivity contribution >= 4 is 33.6 Å². The highest BCUT2D eigenvalue weighted by molar-refractivity contribution is 7.84. The fraction of sp³-hybridized carbons (Fsp3) is 0.226. The van der Waals surface area contributed by atoms with E-state index >= 15 is 0 Å². The number of ketones is 1. The second-order valence-corrected chi connectivity index (χ2v) is 9.51. The normalized spacial score (nSPS) is 11.8. The molecule has 0 spiro atoms. The lowest BCUT2D eigenvalue weighted by atomic mass is 10.0. The molecule has 0 saturated heterocycles. The summed E-state index contributed by atoms with van der Waals surface area (Å²) < 4.78 is 12.5. The molecule has 0 saturated carbocycles. The standard InChI is InChI=1S/C19H16O2S.C10H12O.C2H6/c1-14(20)16-8-6-15(7-9-16)13-22(21)19-11-10-17-4-2-3-5-18(17)12-19;1-9(8-11)7-10-5-3-2-4-6-10;1-2/h2-12H,13H2,1H3;2-6,8-9H,7H2,1H3;1-2H3/t;9-;/m.0./s1. The van der Waals surface area contributed by atoms with Crippen LogP contribution in [0, 0.1) is 5.92 Å². The van der Waals surface area contributed by atoms with Crippen LogP contribution in [0.5, 0.6) is 0 Å². The number of fused-ring (bicyclic) bond motifs is 1. The zero-order valence-corrected chi connectivity index (χ0v) is 21.8. The van der Waals surface area contributed by atoms with Crippen LogP contribution in [-0.4, -0.2) is 16.3 Å². The maximum absolute atomic E-state index is 12.5. The summed E-state index contributed by atoms with van der Waals surface area (Å²) in [6, 6.07) is 31.3. The van der Waals surface area contributed by atoms with Crippen LogP contribution in [0.25, 0.3) is 10.8 Å². The molecular weight excluding hydrogens is 452 g/mol. The lowest BCUT2D eigenvalue weighted by molar-refractivity contribution is -0.110. The van der Waals surface area contributed by atoms with Gasteiger partial charge in [0.15, 0.2) is 5.78 Å². The number of benzene rings is 4. The zero-order chi connectivity index (χ0) is 25.6. The first kappa shape index (κ1) is 27.9. The predicted octanol–water partition coefficient (Wildman–Crippen LogP) is 7.44. The second kappa shape index (κ2) is 14.8. The Hall–Kier alpha value is -3.37. The van der Waals surface area contributed by atoms with E-state index in [1.54, 1.807) is 19.1 Å². The van der Waals surface area contributed by atoms with Crippen LogP contribution in [0.4, 0.5) is 0 Å². The van der Waals surface area contributed by atoms with Crippen molar-refractivity contribution in [2.75, 3.05) is 0 Å². The van der Waals surface area contributed by atoms with Gasteiger partial charge in [-0.2, -0.15) is 0 Å². The van der Waals surface area contributed by atoms with E-state index in [2.05, 4.69) is 0 Å². The maximum atomic E-state index is 12.5. The van der Waals surface area contributed by atoms with E-state index in [0.29, 0.717) is 11.3 Å². The zero-order valence-electron chi connectivity index (χ0n) is 20.9. The summed E-state index contributed by atoms with van der Waals surface area (Å²) >= 11 is 0. The molecule has 182 valence electrons. The van der Waals surface area contributed by atoms with Crippen LogP contribution < -0.4 is 0 Å². The Morgan fingerprint density at radius 3 is 2.00 bits per heavy atom. The molecular formula is C31H34O3S. The molecule has 2 atom stereocenters. The SMILES string of the molecule is CC.CC(=O)c1ccc(CS(=O)c2ccc3ccccc3c2)cc1.C[C@H](C=O)Cc1ccccc1. The van der Waals surface area contributed by atoms with Crippen LogP contribution in [0.2, 0.25) is 0 Å². The minimum absolute atomic E-state index is 0.0437. The van der Waals surface area contributed by atoms with Gasteiger partial charge in [-0.3, -0.25) is 9.00 Å². The number of aldehydes is 1. The molecule has 0 amide bonds. The van der Waals surface area contributed by atoms with Crippen LogP contribution in [0.15, 0.2) is 102 Å². The summed E-state index contributed by atoms with van der Waals surface area (Å²) in [5.74, 6) is 0.635. The first-order valence-corrected chi connectivity index (χ1v) is 13.2. The van der Waals surface area contributed by atoms with E-state index in [4.69, 9.17) is 0 Å². The minimum Gasteiger partial charge on any atom is -0.303 e. The van der Waals surface area contributed by atoms with Gasteiger partial charge in [-0.15, -0.1) is 0 Å². The molecule has 35 heavy (non-hydrogen) atoms. The molecule has 4 heteroatoms. The molecule has 4 aromatic rings. The molecule has 4 rings (SSSR count). The van der Waals surface area contributed by atoms with Crippen molar-refractivity contribution in [3.8, 4) is 0 Å². The molecule has 0 aromatic heterocycles. The molecule has 4 aromatic carbocycles. The van der Waals surface area contributed by atoms with Crippen molar-refractivity contribution in [2.24, 2.45) is 5.92 Å². The van der Waals surface area contributed by atoms with Crippen LogP contribution >= 0.6 is 0 Å². The van der Waals surface area contributed by atoms with E-state index in [1.165, 1.54) is 5.56 Å². The average Bonchev–Trinajstić information content (AvgIpc) is 2.90. The van der Waals surface area contributed by atoms with E-state index < -0.39 is 10.8 Å². The summed E-state index contributed by atoms with van der Waals surface area (Å²) in [6.07, 6.45) is 1.84. The Bertz CT molecular complexity index is 1230. The van der Waals surface area contributed by atoms with E-state index in [0.717, 1.165) is 33.9 Å². The molecule has 0 N–H and O–H groups in total. The summed E-state index contributed by atoms with van der Waals surface area (Å²) in [6.45, 7) is 7.47. The molecule has 3 nitrogen and oxygen atoms in total. The van der Waals surface area contributed by atoms with Gasteiger partial charge < -0.3 is 4.79 Å². The van der Waals surface area contributed by atoms with Gasteiger partial charge in [-0.25, -0.2) is 0 Å². The van der Waals surface area contributed by atoms with Crippen LogP contribution in [0.1, 0.15) is 49.2 Å². The highest BCUT2D eigenvalue weighted by Gasteiger charge is 2.07. The molecule has 0 aliphatic carbocycles. The van der Waals surface area contributed by atoms with Gasteiger partial charge in [-0.05, 0) is 47.4 Å². The lowest BCUT2D eigenvalue weighted by Crippen LogP contribution is -1.99. The van der Waals surface area contributed by atoms with E-state index in [-0.39, 0.29) is 11.7 Å². The summed E-state index contributed by atoms with van der Waals surface area (Å²) in [4.78, 5) is 22.4. The number of rotatable bonds is 7. The van der Waals surface area contributed by atoms with Gasteiger partial charge in [-0.1, -0.05) is 106 Å². The predicted molar refractivity (Wildman–Crippen MR) is 147 cm³/mol. The van der Waals surface area contributed by atoms with Gasteiger partial charge in [0.05, 0.1) is 16.6 Å². The number of hydrogen-bond donors (Lipinski definition) is 0. The third-order valence-electron chi connectivity index (χ3n) is 5.27. The fourth-order valence-corrected chi connectivity index (χ4v) is 4.55. The maximum Gasteiger partial charge on any atom is 0.159 e. The fourth-order valence-electron chi connectivity index (χ4n) is 3.41. The Balaban J connectivity index is 0.000000280. The smallest absolute Gasteiger partial charge is 0.159 e. The van der Waals surface area contributed by atoms with Crippen molar-refractivity contribution in [2.45, 2.75) is 44.8 Å². The molecule has 0 heterocycles. The highest BCUT2D eigenvalue weighted by atomic mass is 32.2. The van der Waals surface area contributed by atoms with Crippen molar-refractivity contribution < 1.29 is 13.8 Å². The molecule has 1 unspecified atom stereocenters. The molecule has 0 radical (unpaired) electrons. The van der Waals surface area contributed by atoms with Gasteiger partial charge in [0.25, 0.3) is 0 Å². The average molecular weight is 487 g/mol. The second-order valence-electron chi connectivity index (χ2n) is 8.06. The first-order valence-electron chi connectivity index (χ1n) is 11.9. The van der Waals surface area contributed by atoms with Crippen LogP contribution in [-0.2, 0) is 27.8 Å². The first-order chi connectivity index (χ1) is 17.0. The van der Waals surface area contributed by atoms with Crippen LogP contribution in [0.3, 0.4) is 0 Å².